The minimum absolute atomic E-state index is 0.00687. The van der Waals surface area contributed by atoms with Gasteiger partial charge in [0, 0.05) is 18.2 Å². The summed E-state index contributed by atoms with van der Waals surface area (Å²) in [4.78, 5) is 24.3. The quantitative estimate of drug-likeness (QED) is 0.403. The molecule has 0 saturated carbocycles. The molecule has 0 unspecified atom stereocenters. The zero-order valence-electron chi connectivity index (χ0n) is 18.0. The standard InChI is InChI=1S/C22H22FN3O6/c1-12(2)11-24-22(27)19-20(13-5-7-14(23)8-6-13)25-32-21(19)15-9-17(30-3)18(31-4)10-16(15)26(28)29/h5-10,12H,11H2,1-4H3,(H,24,27). The van der Waals surface area contributed by atoms with Gasteiger partial charge in [0.2, 0.25) is 0 Å². The minimum atomic E-state index is -0.618. The minimum Gasteiger partial charge on any atom is -0.493 e. The van der Waals surface area contributed by atoms with Crippen LogP contribution in [0.4, 0.5) is 10.1 Å². The lowest BCUT2D eigenvalue weighted by atomic mass is 10.00. The Balaban J connectivity index is 2.26. The first kappa shape index (κ1) is 22.7. The highest BCUT2D eigenvalue weighted by Gasteiger charge is 2.31. The van der Waals surface area contributed by atoms with Crippen molar-refractivity contribution >= 4 is 11.6 Å². The van der Waals surface area contributed by atoms with Gasteiger partial charge in [-0.05, 0) is 30.2 Å². The number of nitrogens with one attached hydrogen (secondary N) is 1. The highest BCUT2D eigenvalue weighted by Crippen LogP contribution is 2.42. The van der Waals surface area contributed by atoms with Crippen LogP contribution in [0.1, 0.15) is 24.2 Å². The molecule has 0 atom stereocenters. The largest absolute Gasteiger partial charge is 0.493 e. The Hall–Kier alpha value is -3.95. The SMILES string of the molecule is COc1cc(-c2onc(-c3ccc(F)cc3)c2C(=O)NCC(C)C)c([N+](=O)[O-])cc1OC. The van der Waals surface area contributed by atoms with Crippen molar-refractivity contribution in [3.8, 4) is 34.1 Å². The second-order valence-corrected chi connectivity index (χ2v) is 7.33. The summed E-state index contributed by atoms with van der Waals surface area (Å²) in [5.41, 5.74) is 0.169. The van der Waals surface area contributed by atoms with Gasteiger partial charge >= 0.3 is 0 Å². The maximum Gasteiger partial charge on any atom is 0.284 e. The Kier molecular flexibility index (Phi) is 6.72. The van der Waals surface area contributed by atoms with Crippen molar-refractivity contribution in [2.75, 3.05) is 20.8 Å². The van der Waals surface area contributed by atoms with Gasteiger partial charge in [-0.25, -0.2) is 4.39 Å². The molecular formula is C22H22FN3O6. The van der Waals surface area contributed by atoms with Crippen LogP contribution in [0.15, 0.2) is 40.9 Å². The molecular weight excluding hydrogens is 421 g/mol. The first-order chi connectivity index (χ1) is 15.3. The molecule has 3 aromatic rings. The highest BCUT2D eigenvalue weighted by molar-refractivity contribution is 6.05. The van der Waals surface area contributed by atoms with E-state index in [0.717, 1.165) is 0 Å². The molecule has 1 N–H and O–H groups in total. The number of carbonyl (C=O) groups is 1. The third-order valence-electron chi connectivity index (χ3n) is 4.65. The van der Waals surface area contributed by atoms with Crippen LogP contribution in [0.2, 0.25) is 0 Å². The van der Waals surface area contributed by atoms with E-state index in [-0.39, 0.29) is 45.7 Å². The molecule has 0 aliphatic heterocycles. The number of hydrogen-bond donors (Lipinski definition) is 1. The normalized spacial score (nSPS) is 10.8. The molecule has 0 fully saturated rings. The monoisotopic (exact) mass is 443 g/mol. The molecule has 2 aromatic carbocycles. The summed E-state index contributed by atoms with van der Waals surface area (Å²) >= 11 is 0. The summed E-state index contributed by atoms with van der Waals surface area (Å²) in [6.07, 6.45) is 0. The summed E-state index contributed by atoms with van der Waals surface area (Å²) in [6.45, 7) is 4.21. The summed E-state index contributed by atoms with van der Waals surface area (Å²) in [6, 6.07) is 7.87. The van der Waals surface area contributed by atoms with Gasteiger partial charge < -0.3 is 19.3 Å². The Labute approximate surface area is 183 Å². The number of benzene rings is 2. The molecule has 1 aromatic heterocycles. The summed E-state index contributed by atoms with van der Waals surface area (Å²) < 4.78 is 29.3. The third kappa shape index (κ3) is 4.53. The fraction of sp³-hybridized carbons (Fsp3) is 0.273. The van der Waals surface area contributed by atoms with Crippen molar-refractivity contribution in [2.24, 2.45) is 5.92 Å². The fourth-order valence-corrected chi connectivity index (χ4v) is 3.08. The van der Waals surface area contributed by atoms with Gasteiger partial charge in [0.15, 0.2) is 17.3 Å². The molecule has 0 radical (unpaired) electrons. The fourth-order valence-electron chi connectivity index (χ4n) is 3.08. The lowest BCUT2D eigenvalue weighted by Gasteiger charge is -2.11. The summed E-state index contributed by atoms with van der Waals surface area (Å²) in [5.74, 6) is -0.587. The van der Waals surface area contributed by atoms with Gasteiger partial charge in [-0.15, -0.1) is 0 Å². The number of rotatable bonds is 8. The van der Waals surface area contributed by atoms with Gasteiger partial charge in [0.05, 0.1) is 25.2 Å². The van der Waals surface area contributed by atoms with Gasteiger partial charge in [0.25, 0.3) is 11.6 Å². The predicted octanol–water partition coefficient (Wildman–Crippen LogP) is 4.46. The van der Waals surface area contributed by atoms with Crippen LogP contribution in [0.25, 0.3) is 22.6 Å². The Morgan fingerprint density at radius 3 is 2.38 bits per heavy atom. The Bertz CT molecular complexity index is 1140. The van der Waals surface area contributed by atoms with Gasteiger partial charge in [-0.1, -0.05) is 19.0 Å². The van der Waals surface area contributed by atoms with Gasteiger partial charge in [-0.2, -0.15) is 0 Å². The molecule has 168 valence electrons. The van der Waals surface area contributed by atoms with Crippen LogP contribution in [-0.4, -0.2) is 36.8 Å². The Morgan fingerprint density at radius 1 is 1.19 bits per heavy atom. The molecule has 9 nitrogen and oxygen atoms in total. The molecule has 0 saturated heterocycles. The molecule has 1 heterocycles. The van der Waals surface area contributed by atoms with E-state index < -0.39 is 16.6 Å². The maximum absolute atomic E-state index is 13.4. The Morgan fingerprint density at radius 2 is 1.81 bits per heavy atom. The number of nitrogens with zero attached hydrogens (tertiary/aromatic N) is 2. The first-order valence-corrected chi connectivity index (χ1v) is 9.71. The third-order valence-corrected chi connectivity index (χ3v) is 4.65. The lowest BCUT2D eigenvalue weighted by molar-refractivity contribution is -0.384. The number of nitro benzene ring substituents is 1. The van der Waals surface area contributed by atoms with E-state index >= 15 is 0 Å². The van der Waals surface area contributed by atoms with Crippen LogP contribution in [-0.2, 0) is 0 Å². The number of nitro groups is 1. The van der Waals surface area contributed by atoms with Crippen LogP contribution >= 0.6 is 0 Å². The first-order valence-electron chi connectivity index (χ1n) is 9.71. The number of halogens is 1. The van der Waals surface area contributed by atoms with Crippen LogP contribution in [0, 0.1) is 21.8 Å². The number of carbonyl (C=O) groups excluding carboxylic acids is 1. The number of hydrogen-bond acceptors (Lipinski definition) is 7. The van der Waals surface area contributed by atoms with E-state index in [1.54, 1.807) is 0 Å². The number of methoxy groups -OCH3 is 2. The zero-order chi connectivity index (χ0) is 23.4. The van der Waals surface area contributed by atoms with Crippen LogP contribution < -0.4 is 14.8 Å². The van der Waals surface area contributed by atoms with Crippen molar-refractivity contribution in [3.63, 3.8) is 0 Å². The number of amides is 1. The van der Waals surface area contributed by atoms with Gasteiger partial charge in [-0.3, -0.25) is 14.9 Å². The second kappa shape index (κ2) is 9.46. The van der Waals surface area contributed by atoms with Crippen LogP contribution in [0.3, 0.4) is 0 Å². The average Bonchev–Trinajstić information content (AvgIpc) is 3.21. The lowest BCUT2D eigenvalue weighted by Crippen LogP contribution is -2.27. The molecule has 0 spiro atoms. The smallest absolute Gasteiger partial charge is 0.284 e. The number of aromatic nitrogens is 1. The van der Waals surface area contributed by atoms with E-state index in [9.17, 15) is 19.3 Å². The molecule has 10 heteroatoms. The molecule has 0 aliphatic carbocycles. The van der Waals surface area contributed by atoms with E-state index in [4.69, 9.17) is 14.0 Å². The molecule has 3 rings (SSSR count). The van der Waals surface area contributed by atoms with Crippen molar-refractivity contribution in [1.82, 2.24) is 10.5 Å². The van der Waals surface area contributed by atoms with Crippen LogP contribution in [0.5, 0.6) is 11.5 Å². The average molecular weight is 443 g/mol. The summed E-state index contributed by atoms with van der Waals surface area (Å²) in [7, 11) is 2.74. The zero-order valence-corrected chi connectivity index (χ0v) is 18.0. The topological polar surface area (TPSA) is 117 Å². The summed E-state index contributed by atoms with van der Waals surface area (Å²) in [5, 5.41) is 18.5. The molecule has 32 heavy (non-hydrogen) atoms. The molecule has 0 aliphatic rings. The van der Waals surface area contributed by atoms with Gasteiger partial charge in [0.1, 0.15) is 22.6 Å². The second-order valence-electron chi connectivity index (χ2n) is 7.33. The van der Waals surface area contributed by atoms with Crippen molar-refractivity contribution < 1.29 is 28.1 Å². The molecule has 0 bridgehead atoms. The van der Waals surface area contributed by atoms with Crippen molar-refractivity contribution in [3.05, 3.63) is 57.9 Å². The van der Waals surface area contributed by atoms with E-state index in [1.807, 2.05) is 13.8 Å². The predicted molar refractivity (Wildman–Crippen MR) is 114 cm³/mol. The van der Waals surface area contributed by atoms with E-state index in [1.165, 1.54) is 50.6 Å². The van der Waals surface area contributed by atoms with E-state index in [0.29, 0.717) is 12.1 Å². The highest BCUT2D eigenvalue weighted by atomic mass is 19.1. The van der Waals surface area contributed by atoms with E-state index in [2.05, 4.69) is 10.5 Å². The molecule has 1 amide bonds. The van der Waals surface area contributed by atoms with Crippen molar-refractivity contribution in [2.45, 2.75) is 13.8 Å². The number of ether oxygens (including phenoxy) is 2. The van der Waals surface area contributed by atoms with Crippen molar-refractivity contribution in [1.29, 1.82) is 0 Å². The maximum atomic E-state index is 13.4.